The van der Waals surface area contributed by atoms with Crippen LogP contribution in [0.15, 0.2) is 0 Å². The highest BCUT2D eigenvalue weighted by Crippen LogP contribution is 2.05. The molecule has 2 heteroatoms. The summed E-state index contributed by atoms with van der Waals surface area (Å²) < 4.78 is 0. The van der Waals surface area contributed by atoms with Crippen LogP contribution >= 0.6 is 0 Å². The Morgan fingerprint density at radius 3 is 2.70 bits per heavy atom. The maximum atomic E-state index is 9.42. The normalized spacial score (nSPS) is 15.8. The molecule has 0 heterocycles. The van der Waals surface area contributed by atoms with E-state index in [0.29, 0.717) is 13.1 Å². The first-order valence-corrected chi connectivity index (χ1v) is 3.49. The molecule has 0 aliphatic rings. The molecule has 0 rings (SSSR count). The van der Waals surface area contributed by atoms with Gasteiger partial charge in [-0.05, 0) is 13.3 Å². The molecule has 0 saturated carbocycles. The first kappa shape index (κ1) is 9.48. The molecule has 0 aromatic carbocycles. The Hall–Kier alpha value is -0.520. The molecule has 0 amide bonds. The van der Waals surface area contributed by atoms with Crippen molar-refractivity contribution in [3.8, 4) is 12.3 Å². The van der Waals surface area contributed by atoms with E-state index in [1.54, 1.807) is 6.92 Å². The van der Waals surface area contributed by atoms with Crippen LogP contribution in [0.2, 0.25) is 0 Å². The van der Waals surface area contributed by atoms with E-state index in [9.17, 15) is 5.11 Å². The Morgan fingerprint density at radius 2 is 2.30 bits per heavy atom. The monoisotopic (exact) mass is 141 g/mol. The molecule has 0 aliphatic carbocycles. The lowest BCUT2D eigenvalue weighted by Crippen LogP contribution is -2.37. The van der Waals surface area contributed by atoms with E-state index >= 15 is 0 Å². The standard InChI is InChI=1S/C8H15NO/c1-4-6-9-7-8(3,10)5-2/h1,9-10H,5-7H2,2-3H3. The van der Waals surface area contributed by atoms with E-state index in [2.05, 4.69) is 11.2 Å². The molecule has 0 aromatic rings. The van der Waals surface area contributed by atoms with Gasteiger partial charge in [-0.15, -0.1) is 6.42 Å². The Bertz CT molecular complexity index is 124. The molecule has 58 valence electrons. The molecule has 0 spiro atoms. The molecule has 0 saturated heterocycles. The maximum absolute atomic E-state index is 9.42. The van der Waals surface area contributed by atoms with Crippen LogP contribution in [0.4, 0.5) is 0 Å². The topological polar surface area (TPSA) is 32.3 Å². The lowest BCUT2D eigenvalue weighted by molar-refractivity contribution is 0.0570. The van der Waals surface area contributed by atoms with Gasteiger partial charge in [0.2, 0.25) is 0 Å². The lowest BCUT2D eigenvalue weighted by Gasteiger charge is -2.20. The average molecular weight is 141 g/mol. The van der Waals surface area contributed by atoms with Crippen LogP contribution < -0.4 is 5.32 Å². The van der Waals surface area contributed by atoms with Crippen molar-refractivity contribution in [1.29, 1.82) is 0 Å². The van der Waals surface area contributed by atoms with Gasteiger partial charge in [0.25, 0.3) is 0 Å². The molecule has 0 radical (unpaired) electrons. The van der Waals surface area contributed by atoms with Crippen LogP contribution in [-0.4, -0.2) is 23.8 Å². The second-order valence-corrected chi connectivity index (χ2v) is 2.66. The number of rotatable bonds is 4. The van der Waals surface area contributed by atoms with Crippen LogP contribution in [-0.2, 0) is 0 Å². The fourth-order valence-corrected chi connectivity index (χ4v) is 0.529. The molecular weight excluding hydrogens is 126 g/mol. The smallest absolute Gasteiger partial charge is 0.0741 e. The van der Waals surface area contributed by atoms with E-state index in [-0.39, 0.29) is 0 Å². The van der Waals surface area contributed by atoms with Crippen molar-refractivity contribution in [2.24, 2.45) is 0 Å². The van der Waals surface area contributed by atoms with Gasteiger partial charge < -0.3 is 10.4 Å². The van der Waals surface area contributed by atoms with Crippen molar-refractivity contribution in [3.05, 3.63) is 0 Å². The van der Waals surface area contributed by atoms with Crippen LogP contribution in [0.3, 0.4) is 0 Å². The van der Waals surface area contributed by atoms with Gasteiger partial charge in [-0.1, -0.05) is 12.8 Å². The van der Waals surface area contributed by atoms with Crippen LogP contribution in [0.1, 0.15) is 20.3 Å². The summed E-state index contributed by atoms with van der Waals surface area (Å²) in [6, 6.07) is 0. The van der Waals surface area contributed by atoms with Gasteiger partial charge in [-0.25, -0.2) is 0 Å². The van der Waals surface area contributed by atoms with Gasteiger partial charge in [-0.3, -0.25) is 0 Å². The summed E-state index contributed by atoms with van der Waals surface area (Å²) in [6.07, 6.45) is 5.75. The van der Waals surface area contributed by atoms with E-state index < -0.39 is 5.60 Å². The summed E-state index contributed by atoms with van der Waals surface area (Å²) in [5, 5.41) is 12.4. The third-order valence-electron chi connectivity index (χ3n) is 1.49. The molecule has 10 heavy (non-hydrogen) atoms. The predicted molar refractivity (Wildman–Crippen MR) is 42.6 cm³/mol. The molecule has 2 nitrogen and oxygen atoms in total. The summed E-state index contributed by atoms with van der Waals surface area (Å²) in [4.78, 5) is 0. The highest BCUT2D eigenvalue weighted by Gasteiger charge is 2.15. The molecular formula is C8H15NO. The van der Waals surface area contributed by atoms with Gasteiger partial charge in [0, 0.05) is 6.54 Å². The quantitative estimate of drug-likeness (QED) is 0.438. The van der Waals surface area contributed by atoms with Crippen molar-refractivity contribution in [1.82, 2.24) is 5.32 Å². The van der Waals surface area contributed by atoms with E-state index in [1.807, 2.05) is 6.92 Å². The fourth-order valence-electron chi connectivity index (χ4n) is 0.529. The van der Waals surface area contributed by atoms with Gasteiger partial charge >= 0.3 is 0 Å². The minimum Gasteiger partial charge on any atom is -0.389 e. The molecule has 0 bridgehead atoms. The highest BCUT2D eigenvalue weighted by molar-refractivity contribution is 4.88. The number of hydrogen-bond donors (Lipinski definition) is 2. The third-order valence-corrected chi connectivity index (χ3v) is 1.49. The second kappa shape index (κ2) is 4.32. The summed E-state index contributed by atoms with van der Waals surface area (Å²) in [5.41, 5.74) is -0.614. The zero-order valence-electron chi connectivity index (χ0n) is 6.65. The molecule has 1 unspecified atom stereocenters. The zero-order valence-corrected chi connectivity index (χ0v) is 6.65. The Kier molecular flexibility index (Phi) is 4.10. The third kappa shape index (κ3) is 4.37. The highest BCUT2D eigenvalue weighted by atomic mass is 16.3. The van der Waals surface area contributed by atoms with Gasteiger partial charge in [0.1, 0.15) is 0 Å². The number of hydrogen-bond acceptors (Lipinski definition) is 2. The predicted octanol–water partition coefficient (Wildman–Crippen LogP) is 0.370. The van der Waals surface area contributed by atoms with Crippen molar-refractivity contribution < 1.29 is 5.11 Å². The maximum Gasteiger partial charge on any atom is 0.0741 e. The molecule has 0 fully saturated rings. The molecule has 2 N–H and O–H groups in total. The second-order valence-electron chi connectivity index (χ2n) is 2.66. The number of nitrogens with one attached hydrogen (secondary N) is 1. The number of terminal acetylenes is 1. The van der Waals surface area contributed by atoms with Crippen molar-refractivity contribution >= 4 is 0 Å². The minimum atomic E-state index is -0.614. The zero-order chi connectivity index (χ0) is 8.04. The average Bonchev–Trinajstić information content (AvgIpc) is 1.89. The lowest BCUT2D eigenvalue weighted by atomic mass is 10.0. The van der Waals surface area contributed by atoms with Crippen LogP contribution in [0, 0.1) is 12.3 Å². The summed E-state index contributed by atoms with van der Waals surface area (Å²) in [5.74, 6) is 2.44. The molecule has 0 aliphatic heterocycles. The minimum absolute atomic E-state index is 0.524. The van der Waals surface area contributed by atoms with E-state index in [0.717, 1.165) is 6.42 Å². The molecule has 0 aromatic heterocycles. The largest absolute Gasteiger partial charge is 0.389 e. The Labute approximate surface area is 62.6 Å². The van der Waals surface area contributed by atoms with E-state index in [1.165, 1.54) is 0 Å². The first-order valence-electron chi connectivity index (χ1n) is 3.49. The van der Waals surface area contributed by atoms with Crippen LogP contribution in [0.5, 0.6) is 0 Å². The SMILES string of the molecule is C#CCNCC(C)(O)CC. The van der Waals surface area contributed by atoms with Crippen LogP contribution in [0.25, 0.3) is 0 Å². The Balaban J connectivity index is 3.39. The molecule has 1 atom stereocenters. The summed E-state index contributed by atoms with van der Waals surface area (Å²) in [7, 11) is 0. The van der Waals surface area contributed by atoms with Crippen molar-refractivity contribution in [2.45, 2.75) is 25.9 Å². The van der Waals surface area contributed by atoms with Gasteiger partial charge in [0.15, 0.2) is 0 Å². The van der Waals surface area contributed by atoms with Gasteiger partial charge in [0.05, 0.1) is 12.1 Å². The van der Waals surface area contributed by atoms with E-state index in [4.69, 9.17) is 6.42 Å². The number of aliphatic hydroxyl groups is 1. The first-order chi connectivity index (χ1) is 4.62. The van der Waals surface area contributed by atoms with Crippen molar-refractivity contribution in [2.75, 3.05) is 13.1 Å². The Morgan fingerprint density at radius 1 is 1.70 bits per heavy atom. The van der Waals surface area contributed by atoms with Crippen molar-refractivity contribution in [3.63, 3.8) is 0 Å². The summed E-state index contributed by atoms with van der Waals surface area (Å²) >= 11 is 0. The van der Waals surface area contributed by atoms with Gasteiger partial charge in [-0.2, -0.15) is 0 Å². The fraction of sp³-hybridized carbons (Fsp3) is 0.750. The summed E-state index contributed by atoms with van der Waals surface area (Å²) in [6.45, 7) is 4.82.